The number of nitrogens with two attached hydrogens (primary N) is 1. The first-order valence-corrected chi connectivity index (χ1v) is 11.0. The van der Waals surface area contributed by atoms with Crippen molar-refractivity contribution in [1.29, 1.82) is 0 Å². The third-order valence-electron chi connectivity index (χ3n) is 4.48. The molecule has 30 heavy (non-hydrogen) atoms. The largest absolute Gasteiger partial charge is 0.422 e. The maximum atomic E-state index is 12.5. The first-order valence-electron chi connectivity index (χ1n) is 9.13. The number of amides is 1. The van der Waals surface area contributed by atoms with Crippen LogP contribution in [-0.2, 0) is 16.1 Å². The minimum atomic E-state index is -2.40. The lowest BCUT2D eigenvalue weighted by molar-refractivity contribution is -0.130. The van der Waals surface area contributed by atoms with Gasteiger partial charge in [-0.15, -0.1) is 0 Å². The van der Waals surface area contributed by atoms with Crippen molar-refractivity contribution in [2.45, 2.75) is 25.7 Å². The van der Waals surface area contributed by atoms with E-state index < -0.39 is 23.1 Å². The van der Waals surface area contributed by atoms with Gasteiger partial charge in [0, 0.05) is 15.7 Å². The van der Waals surface area contributed by atoms with Gasteiger partial charge < -0.3 is 15.8 Å². The Bertz CT molecular complexity index is 1020. The number of anilines is 3. The van der Waals surface area contributed by atoms with E-state index in [2.05, 4.69) is 26.0 Å². The van der Waals surface area contributed by atoms with Crippen molar-refractivity contribution in [1.82, 2.24) is 0 Å². The molecule has 0 aromatic heterocycles. The molecule has 0 radical (unpaired) electrons. The van der Waals surface area contributed by atoms with E-state index in [9.17, 15) is 18.4 Å². The lowest BCUT2D eigenvalue weighted by Crippen LogP contribution is -2.20. The number of hydrogen-bond donors (Lipinski definition) is 4. The number of rotatable bonds is 7. The van der Waals surface area contributed by atoms with E-state index in [1.165, 1.54) is 12.1 Å². The molecule has 10 heteroatoms. The zero-order valence-corrected chi connectivity index (χ0v) is 18.2. The first kappa shape index (κ1) is 22.0. The van der Waals surface area contributed by atoms with Crippen LogP contribution in [0.3, 0.4) is 0 Å². The van der Waals surface area contributed by atoms with Crippen LogP contribution in [0, 0.1) is 0 Å². The molecule has 2 aromatic carbocycles. The molecule has 158 valence electrons. The summed E-state index contributed by atoms with van der Waals surface area (Å²) in [6, 6.07) is 9.83. The van der Waals surface area contributed by atoms with E-state index in [4.69, 9.17) is 10.5 Å². The van der Waals surface area contributed by atoms with Crippen molar-refractivity contribution in [2.75, 3.05) is 10.0 Å². The maximum absolute atomic E-state index is 12.5. The van der Waals surface area contributed by atoms with Crippen LogP contribution in [0.1, 0.15) is 36.0 Å². The molecule has 1 aliphatic carbocycles. The maximum Gasteiger partial charge on any atom is 0.339 e. The molecular formula is C20H20BrN3O5S. The van der Waals surface area contributed by atoms with Crippen LogP contribution in [0.15, 0.2) is 52.5 Å². The Balaban J connectivity index is 2.03. The zero-order valence-electron chi connectivity index (χ0n) is 15.8. The Labute approximate surface area is 184 Å². The van der Waals surface area contributed by atoms with Crippen LogP contribution < -0.4 is 20.5 Å². The topological polar surface area (TPSA) is 131 Å². The van der Waals surface area contributed by atoms with Gasteiger partial charge in [0.05, 0.1) is 11.4 Å². The van der Waals surface area contributed by atoms with Gasteiger partial charge in [0.25, 0.3) is 17.2 Å². The second-order valence-electron chi connectivity index (χ2n) is 6.57. The van der Waals surface area contributed by atoms with Crippen molar-refractivity contribution in [3.63, 3.8) is 0 Å². The highest BCUT2D eigenvalue weighted by molar-refractivity contribution is 9.10. The third kappa shape index (κ3) is 5.47. The minimum absolute atomic E-state index is 0.0344. The van der Waals surface area contributed by atoms with Gasteiger partial charge in [0.1, 0.15) is 11.3 Å². The molecule has 0 bridgehead atoms. The molecule has 1 aliphatic rings. The summed E-state index contributed by atoms with van der Waals surface area (Å²) in [5.41, 5.74) is 6.88. The van der Waals surface area contributed by atoms with Crippen LogP contribution in [-0.4, -0.2) is 20.6 Å². The lowest BCUT2D eigenvalue weighted by atomic mass is 10.00. The van der Waals surface area contributed by atoms with Crippen LogP contribution in [0.5, 0.6) is 5.75 Å². The molecule has 0 saturated heterocycles. The molecule has 0 fully saturated rings. The normalized spacial score (nSPS) is 14.4. The van der Waals surface area contributed by atoms with E-state index in [0.717, 1.165) is 23.7 Å². The van der Waals surface area contributed by atoms with Crippen LogP contribution in [0.4, 0.5) is 17.1 Å². The summed E-state index contributed by atoms with van der Waals surface area (Å²) in [6.07, 6.45) is 5.16. The Morgan fingerprint density at radius 1 is 1.13 bits per heavy atom. The van der Waals surface area contributed by atoms with Crippen LogP contribution in [0.2, 0.25) is 0 Å². The summed E-state index contributed by atoms with van der Waals surface area (Å²) in [5.74, 6) is -1.44. The molecule has 1 atom stereocenters. The average Bonchev–Trinajstić information content (AvgIpc) is 2.71. The summed E-state index contributed by atoms with van der Waals surface area (Å²) in [4.78, 5) is 24.8. The van der Waals surface area contributed by atoms with Gasteiger partial charge in [-0.3, -0.25) is 14.1 Å². The molecule has 0 saturated carbocycles. The predicted molar refractivity (Wildman–Crippen MR) is 119 cm³/mol. The number of carbonyl (C=O) groups excluding carboxylic acids is 2. The van der Waals surface area contributed by atoms with Gasteiger partial charge >= 0.3 is 5.97 Å². The first-order chi connectivity index (χ1) is 14.3. The van der Waals surface area contributed by atoms with Gasteiger partial charge in [-0.05, 0) is 62.1 Å². The Morgan fingerprint density at radius 2 is 1.87 bits per heavy atom. The Hall–Kier alpha value is -2.69. The van der Waals surface area contributed by atoms with Crippen molar-refractivity contribution in [2.24, 2.45) is 5.73 Å². The summed E-state index contributed by atoms with van der Waals surface area (Å²) in [6.45, 7) is 0. The van der Waals surface area contributed by atoms with Crippen molar-refractivity contribution >= 4 is 56.1 Å². The quantitative estimate of drug-likeness (QED) is 0.259. The Kier molecular flexibility index (Phi) is 7.24. The third-order valence-corrected chi connectivity index (χ3v) is 5.40. The fourth-order valence-corrected chi connectivity index (χ4v) is 3.71. The van der Waals surface area contributed by atoms with Gasteiger partial charge in [-0.25, -0.2) is 9.00 Å². The summed E-state index contributed by atoms with van der Waals surface area (Å²) in [7, 11) is 0. The molecule has 1 unspecified atom stereocenters. The summed E-state index contributed by atoms with van der Waals surface area (Å²) in [5, 5.41) is 3.01. The van der Waals surface area contributed by atoms with E-state index in [1.54, 1.807) is 24.3 Å². The fraction of sp³-hybridized carbons (Fsp3) is 0.200. The van der Waals surface area contributed by atoms with E-state index >= 15 is 0 Å². The summed E-state index contributed by atoms with van der Waals surface area (Å²) < 4.78 is 29.3. The second kappa shape index (κ2) is 9.88. The van der Waals surface area contributed by atoms with Crippen molar-refractivity contribution in [3.8, 4) is 5.75 Å². The number of primary amides is 1. The SMILES string of the molecule is NC(=O)c1c(OC(=O)C2=CCCCC2)ccc(NS(=O)O)c1Nc1ccc(Br)cc1. The number of carbonyl (C=O) groups is 2. The van der Waals surface area contributed by atoms with Gasteiger partial charge in [-0.2, -0.15) is 0 Å². The molecule has 0 spiro atoms. The zero-order chi connectivity index (χ0) is 21.7. The van der Waals surface area contributed by atoms with Gasteiger partial charge in [0.15, 0.2) is 0 Å². The monoisotopic (exact) mass is 493 g/mol. The molecule has 5 N–H and O–H groups in total. The number of hydrogen-bond acceptors (Lipinski definition) is 5. The fourth-order valence-electron chi connectivity index (χ4n) is 3.09. The second-order valence-corrected chi connectivity index (χ2v) is 8.19. The number of benzene rings is 2. The predicted octanol–water partition coefficient (Wildman–Crippen LogP) is 4.25. The summed E-state index contributed by atoms with van der Waals surface area (Å²) >= 11 is 0.944. The number of allylic oxidation sites excluding steroid dienone is 1. The number of ether oxygens (including phenoxy) is 1. The average molecular weight is 494 g/mol. The van der Waals surface area contributed by atoms with Crippen molar-refractivity contribution in [3.05, 3.63) is 58.1 Å². The molecule has 8 nitrogen and oxygen atoms in total. The van der Waals surface area contributed by atoms with E-state index in [1.807, 2.05) is 6.08 Å². The van der Waals surface area contributed by atoms with Crippen LogP contribution in [0.25, 0.3) is 0 Å². The molecule has 0 heterocycles. The minimum Gasteiger partial charge on any atom is -0.422 e. The molecule has 2 aromatic rings. The van der Waals surface area contributed by atoms with Gasteiger partial charge in [0.2, 0.25) is 0 Å². The molecule has 3 rings (SSSR count). The highest BCUT2D eigenvalue weighted by Gasteiger charge is 2.23. The smallest absolute Gasteiger partial charge is 0.339 e. The number of nitrogens with one attached hydrogen (secondary N) is 2. The van der Waals surface area contributed by atoms with Gasteiger partial charge in [-0.1, -0.05) is 22.0 Å². The molecule has 1 amide bonds. The number of esters is 1. The van der Waals surface area contributed by atoms with Crippen LogP contribution >= 0.6 is 15.9 Å². The van der Waals surface area contributed by atoms with E-state index in [0.29, 0.717) is 17.7 Å². The van der Waals surface area contributed by atoms with Crippen molar-refractivity contribution < 1.29 is 23.1 Å². The Morgan fingerprint density at radius 3 is 2.47 bits per heavy atom. The van der Waals surface area contributed by atoms with E-state index in [-0.39, 0.29) is 22.7 Å². The lowest BCUT2D eigenvalue weighted by Gasteiger charge is -2.19. The molecule has 0 aliphatic heterocycles. The molecular weight excluding hydrogens is 474 g/mol. The number of halogens is 1. The highest BCUT2D eigenvalue weighted by Crippen LogP contribution is 2.37. The standard InChI is InChI=1S/C20H20BrN3O5S/c21-13-6-8-14(9-7-13)23-18-15(24-30(27)28)10-11-16(17(18)19(22)25)29-20(26)12-4-2-1-3-5-12/h4,6-11,23-24H,1-3,5H2,(H2,22,25)(H,27,28). The highest BCUT2D eigenvalue weighted by atomic mass is 79.9.